The van der Waals surface area contributed by atoms with Gasteiger partial charge in [0.2, 0.25) is 0 Å². The van der Waals surface area contributed by atoms with Gasteiger partial charge in [0.25, 0.3) is 0 Å². The molecule has 0 bridgehead atoms. The zero-order chi connectivity index (χ0) is 12.3. The van der Waals surface area contributed by atoms with Crippen molar-refractivity contribution < 1.29 is 8.42 Å². The van der Waals surface area contributed by atoms with Gasteiger partial charge < -0.3 is 11.1 Å². The Hall–Kier alpha value is -1.30. The second kappa shape index (κ2) is 4.69. The SMILES string of the molecule is Cc1cnc(NC(C)CS(C)(=O)=O)c(N)c1. The van der Waals surface area contributed by atoms with Gasteiger partial charge in [0.05, 0.1) is 11.4 Å². The van der Waals surface area contributed by atoms with Crippen LogP contribution in [0.1, 0.15) is 12.5 Å². The van der Waals surface area contributed by atoms with Gasteiger partial charge in [0.1, 0.15) is 15.7 Å². The zero-order valence-electron chi connectivity index (χ0n) is 9.69. The Morgan fingerprint density at radius 2 is 2.19 bits per heavy atom. The molecule has 1 atom stereocenters. The lowest BCUT2D eigenvalue weighted by Crippen LogP contribution is -2.26. The molecule has 0 radical (unpaired) electrons. The fourth-order valence-electron chi connectivity index (χ4n) is 1.44. The minimum absolute atomic E-state index is 0.0575. The fourth-order valence-corrected chi connectivity index (χ4v) is 2.43. The van der Waals surface area contributed by atoms with E-state index in [1.54, 1.807) is 19.2 Å². The standard InChI is InChI=1S/C10H17N3O2S/c1-7-4-9(11)10(12-5-7)13-8(2)6-16(3,14)15/h4-5,8H,6,11H2,1-3H3,(H,12,13). The van der Waals surface area contributed by atoms with Crippen molar-refractivity contribution in [3.63, 3.8) is 0 Å². The lowest BCUT2D eigenvalue weighted by Gasteiger charge is -2.15. The molecule has 0 aliphatic rings. The summed E-state index contributed by atoms with van der Waals surface area (Å²) in [5.74, 6) is 0.587. The van der Waals surface area contributed by atoms with Gasteiger partial charge in [-0.2, -0.15) is 0 Å². The van der Waals surface area contributed by atoms with E-state index in [0.717, 1.165) is 5.56 Å². The molecule has 1 rings (SSSR count). The molecule has 1 heterocycles. The highest BCUT2D eigenvalue weighted by atomic mass is 32.2. The van der Waals surface area contributed by atoms with Crippen LogP contribution in [0.2, 0.25) is 0 Å². The van der Waals surface area contributed by atoms with E-state index in [9.17, 15) is 8.42 Å². The summed E-state index contributed by atoms with van der Waals surface area (Å²) in [6.45, 7) is 3.68. The highest BCUT2D eigenvalue weighted by Gasteiger charge is 2.11. The molecule has 16 heavy (non-hydrogen) atoms. The number of nitrogens with zero attached hydrogens (tertiary/aromatic N) is 1. The van der Waals surface area contributed by atoms with E-state index >= 15 is 0 Å². The second-order valence-corrected chi connectivity index (χ2v) is 6.27. The summed E-state index contributed by atoms with van der Waals surface area (Å²) >= 11 is 0. The van der Waals surface area contributed by atoms with E-state index in [-0.39, 0.29) is 11.8 Å². The minimum Gasteiger partial charge on any atom is -0.396 e. The molecule has 0 spiro atoms. The predicted octanol–water partition coefficient (Wildman–Crippen LogP) is 0.817. The number of nitrogens with two attached hydrogens (primary N) is 1. The molecule has 1 unspecified atom stereocenters. The van der Waals surface area contributed by atoms with E-state index in [1.165, 1.54) is 6.26 Å². The van der Waals surface area contributed by atoms with E-state index in [0.29, 0.717) is 11.5 Å². The van der Waals surface area contributed by atoms with Crippen LogP contribution in [-0.2, 0) is 9.84 Å². The van der Waals surface area contributed by atoms with Gasteiger partial charge in [-0.05, 0) is 25.5 Å². The van der Waals surface area contributed by atoms with E-state index in [4.69, 9.17) is 5.73 Å². The molecule has 6 heteroatoms. The Balaban J connectivity index is 2.73. The number of pyridine rings is 1. The number of hydrogen-bond acceptors (Lipinski definition) is 5. The maximum atomic E-state index is 11.1. The molecule has 0 aliphatic heterocycles. The van der Waals surface area contributed by atoms with Crippen molar-refractivity contribution in [3.05, 3.63) is 17.8 Å². The van der Waals surface area contributed by atoms with Crippen molar-refractivity contribution in [1.29, 1.82) is 0 Å². The first kappa shape index (κ1) is 12.8. The van der Waals surface area contributed by atoms with E-state index in [1.807, 2.05) is 6.92 Å². The third-order valence-corrected chi connectivity index (χ3v) is 3.10. The van der Waals surface area contributed by atoms with E-state index in [2.05, 4.69) is 10.3 Å². The van der Waals surface area contributed by atoms with Crippen molar-refractivity contribution in [3.8, 4) is 0 Å². The fraction of sp³-hybridized carbons (Fsp3) is 0.500. The summed E-state index contributed by atoms with van der Waals surface area (Å²) < 4.78 is 22.2. The van der Waals surface area contributed by atoms with Crippen LogP contribution in [0.25, 0.3) is 0 Å². The molecule has 0 aromatic carbocycles. The predicted molar refractivity (Wildman–Crippen MR) is 66.2 cm³/mol. The van der Waals surface area contributed by atoms with E-state index < -0.39 is 9.84 Å². The monoisotopic (exact) mass is 243 g/mol. The molecule has 5 nitrogen and oxygen atoms in total. The van der Waals surface area contributed by atoms with Crippen LogP contribution in [0.5, 0.6) is 0 Å². The first-order valence-electron chi connectivity index (χ1n) is 4.94. The first-order valence-corrected chi connectivity index (χ1v) is 7.00. The van der Waals surface area contributed by atoms with Gasteiger partial charge in [-0.15, -0.1) is 0 Å². The van der Waals surface area contributed by atoms with Crippen LogP contribution >= 0.6 is 0 Å². The maximum Gasteiger partial charge on any atom is 0.149 e. The second-order valence-electron chi connectivity index (χ2n) is 4.09. The summed E-state index contributed by atoms with van der Waals surface area (Å²) in [5, 5.41) is 2.98. The Morgan fingerprint density at radius 3 is 2.69 bits per heavy atom. The number of sulfone groups is 1. The van der Waals surface area contributed by atoms with Gasteiger partial charge in [-0.3, -0.25) is 0 Å². The highest BCUT2D eigenvalue weighted by Crippen LogP contribution is 2.16. The summed E-state index contributed by atoms with van der Waals surface area (Å²) in [5.41, 5.74) is 7.26. The Kier molecular flexibility index (Phi) is 3.74. The first-order chi connectivity index (χ1) is 7.28. The Labute approximate surface area is 96.0 Å². The van der Waals surface area contributed by atoms with Gasteiger partial charge in [0.15, 0.2) is 0 Å². The lowest BCUT2D eigenvalue weighted by molar-refractivity contribution is 0.598. The molecule has 90 valence electrons. The van der Waals surface area contributed by atoms with Crippen molar-refractivity contribution in [1.82, 2.24) is 4.98 Å². The molecule has 1 aromatic heterocycles. The van der Waals surface area contributed by atoms with Gasteiger partial charge in [-0.25, -0.2) is 13.4 Å². The molecule has 0 aliphatic carbocycles. The third-order valence-electron chi connectivity index (χ3n) is 1.99. The largest absolute Gasteiger partial charge is 0.396 e. The summed E-state index contributed by atoms with van der Waals surface area (Å²) in [6.07, 6.45) is 2.89. The smallest absolute Gasteiger partial charge is 0.149 e. The molecular weight excluding hydrogens is 226 g/mol. The molecule has 1 aromatic rings. The number of nitrogen functional groups attached to an aromatic ring is 1. The molecule has 0 saturated heterocycles. The van der Waals surface area contributed by atoms with Gasteiger partial charge in [0, 0.05) is 18.5 Å². The maximum absolute atomic E-state index is 11.1. The average Bonchev–Trinajstić information content (AvgIpc) is 2.06. The number of anilines is 2. The molecule has 0 fully saturated rings. The van der Waals surface area contributed by atoms with Crippen LogP contribution in [0.3, 0.4) is 0 Å². The quantitative estimate of drug-likeness (QED) is 0.817. The Morgan fingerprint density at radius 1 is 1.56 bits per heavy atom. The minimum atomic E-state index is -3.00. The van der Waals surface area contributed by atoms with Crippen LogP contribution < -0.4 is 11.1 Å². The van der Waals surface area contributed by atoms with Crippen molar-refractivity contribution in [2.24, 2.45) is 0 Å². The van der Waals surface area contributed by atoms with Crippen LogP contribution in [0, 0.1) is 6.92 Å². The molecule has 3 N–H and O–H groups in total. The van der Waals surface area contributed by atoms with Crippen molar-refractivity contribution in [2.75, 3.05) is 23.1 Å². The van der Waals surface area contributed by atoms with Gasteiger partial charge in [-0.1, -0.05) is 0 Å². The molecule has 0 saturated carbocycles. The van der Waals surface area contributed by atoms with Crippen molar-refractivity contribution >= 4 is 21.3 Å². The molecular formula is C10H17N3O2S. The third kappa shape index (κ3) is 4.06. The van der Waals surface area contributed by atoms with Crippen LogP contribution in [0.4, 0.5) is 11.5 Å². The zero-order valence-corrected chi connectivity index (χ0v) is 10.5. The normalized spacial score (nSPS) is 13.4. The number of aromatic nitrogens is 1. The Bertz CT molecular complexity index is 471. The summed E-state index contributed by atoms with van der Waals surface area (Å²) in [6, 6.07) is 1.58. The summed E-state index contributed by atoms with van der Waals surface area (Å²) in [4.78, 5) is 4.12. The number of aryl methyl sites for hydroxylation is 1. The molecule has 0 amide bonds. The highest BCUT2D eigenvalue weighted by molar-refractivity contribution is 7.90. The van der Waals surface area contributed by atoms with Crippen molar-refractivity contribution in [2.45, 2.75) is 19.9 Å². The van der Waals surface area contributed by atoms with Gasteiger partial charge >= 0.3 is 0 Å². The average molecular weight is 243 g/mol. The topological polar surface area (TPSA) is 85.1 Å². The number of nitrogens with one attached hydrogen (secondary N) is 1. The summed E-state index contributed by atoms with van der Waals surface area (Å²) in [7, 11) is -3.00. The lowest BCUT2D eigenvalue weighted by atomic mass is 10.2. The number of rotatable bonds is 4. The number of hydrogen-bond donors (Lipinski definition) is 2. The van der Waals surface area contributed by atoms with Crippen LogP contribution in [-0.4, -0.2) is 31.5 Å². The van der Waals surface area contributed by atoms with Crippen LogP contribution in [0.15, 0.2) is 12.3 Å².